The zero-order valence-electron chi connectivity index (χ0n) is 18.5. The minimum atomic E-state index is -3.97. The van der Waals surface area contributed by atoms with Crippen molar-refractivity contribution in [3.05, 3.63) is 52.7 Å². The van der Waals surface area contributed by atoms with Crippen LogP contribution in [0, 0.1) is 25.6 Å². The van der Waals surface area contributed by atoms with Crippen molar-refractivity contribution in [2.24, 2.45) is 5.92 Å². The summed E-state index contributed by atoms with van der Waals surface area (Å²) in [5, 5.41) is 4.00. The van der Waals surface area contributed by atoms with E-state index in [0.717, 1.165) is 33.9 Å². The fourth-order valence-corrected chi connectivity index (χ4v) is 6.46. The van der Waals surface area contributed by atoms with E-state index < -0.39 is 15.8 Å². The number of rotatable bonds is 7. The Kier molecular flexibility index (Phi) is 7.21. The monoisotopic (exact) mass is 508 g/mol. The zero-order valence-corrected chi connectivity index (χ0v) is 20.9. The Bertz CT molecular complexity index is 1260. The number of nitrogens with zero attached hydrogens (tertiary/aromatic N) is 2. The lowest BCUT2D eigenvalue weighted by Crippen LogP contribution is -2.16. The quantitative estimate of drug-likeness (QED) is 0.360. The van der Waals surface area contributed by atoms with E-state index >= 15 is 0 Å². The van der Waals surface area contributed by atoms with Gasteiger partial charge < -0.3 is 5.32 Å². The van der Waals surface area contributed by atoms with Gasteiger partial charge in [-0.15, -0.1) is 0 Å². The summed E-state index contributed by atoms with van der Waals surface area (Å²) in [5.41, 5.74) is 2.19. The molecule has 0 amide bonds. The van der Waals surface area contributed by atoms with Gasteiger partial charge in [-0.05, 0) is 49.8 Å². The van der Waals surface area contributed by atoms with Crippen molar-refractivity contribution in [3.63, 3.8) is 0 Å². The van der Waals surface area contributed by atoms with Gasteiger partial charge in [0.25, 0.3) is 10.0 Å². The van der Waals surface area contributed by atoms with Crippen LogP contribution in [0.5, 0.6) is 0 Å². The molecule has 1 fully saturated rings. The van der Waals surface area contributed by atoms with E-state index in [1.807, 2.05) is 13.0 Å². The number of hydrogen-bond acceptors (Lipinski definition) is 6. The first kappa shape index (κ1) is 23.9. The molecule has 1 aliphatic rings. The molecule has 6 nitrogen and oxygen atoms in total. The molecule has 2 heterocycles. The van der Waals surface area contributed by atoms with Gasteiger partial charge >= 0.3 is 0 Å². The van der Waals surface area contributed by atoms with Gasteiger partial charge in [-0.1, -0.05) is 54.3 Å². The maximum atomic E-state index is 13.7. The Balaban J connectivity index is 1.56. The summed E-state index contributed by atoms with van der Waals surface area (Å²) in [6, 6.07) is 6.29. The van der Waals surface area contributed by atoms with E-state index in [2.05, 4.69) is 20.0 Å². The number of pyridine rings is 1. The number of halogens is 2. The van der Waals surface area contributed by atoms with Crippen LogP contribution in [0.1, 0.15) is 43.4 Å². The molecular weight excluding hydrogens is 483 g/mol. The minimum absolute atomic E-state index is 0.00451. The van der Waals surface area contributed by atoms with Crippen LogP contribution in [0.3, 0.4) is 0 Å². The molecule has 33 heavy (non-hydrogen) atoms. The highest BCUT2D eigenvalue weighted by molar-refractivity contribution is 7.92. The van der Waals surface area contributed by atoms with Crippen LogP contribution in [0.2, 0.25) is 5.15 Å². The smallest absolute Gasteiger partial charge is 0.262 e. The Hall–Kier alpha value is -2.23. The normalized spacial score (nSPS) is 14.9. The predicted octanol–water partition coefficient (Wildman–Crippen LogP) is 6.41. The maximum Gasteiger partial charge on any atom is 0.262 e. The lowest BCUT2D eigenvalue weighted by molar-refractivity contribution is 0.373. The van der Waals surface area contributed by atoms with Gasteiger partial charge in [0.2, 0.25) is 0 Å². The average Bonchev–Trinajstić information content (AvgIpc) is 3.16. The first-order valence-corrected chi connectivity index (χ1v) is 13.6. The number of nitrogens with one attached hydrogen (secondary N) is 2. The van der Waals surface area contributed by atoms with Crippen molar-refractivity contribution in [2.75, 3.05) is 16.6 Å². The molecule has 0 radical (unpaired) electrons. The van der Waals surface area contributed by atoms with E-state index in [1.54, 1.807) is 19.1 Å². The van der Waals surface area contributed by atoms with Crippen LogP contribution >= 0.6 is 22.9 Å². The van der Waals surface area contributed by atoms with Crippen molar-refractivity contribution >= 4 is 43.8 Å². The van der Waals surface area contributed by atoms with Crippen LogP contribution in [0.4, 0.5) is 15.2 Å². The molecule has 0 atom stereocenters. The number of hydrogen-bond donors (Lipinski definition) is 2. The van der Waals surface area contributed by atoms with E-state index in [0.29, 0.717) is 11.5 Å². The average molecular weight is 509 g/mol. The summed E-state index contributed by atoms with van der Waals surface area (Å²) in [5.74, 6) is -0.114. The first-order valence-electron chi connectivity index (χ1n) is 10.9. The van der Waals surface area contributed by atoms with Gasteiger partial charge in [0.1, 0.15) is 0 Å². The number of anilines is 2. The molecule has 0 aliphatic heterocycles. The summed E-state index contributed by atoms with van der Waals surface area (Å²) < 4.78 is 42.2. The maximum absolute atomic E-state index is 13.7. The number of aryl methyl sites for hydroxylation is 2. The van der Waals surface area contributed by atoms with E-state index in [4.69, 9.17) is 11.6 Å². The largest absolute Gasteiger partial charge is 0.361 e. The van der Waals surface area contributed by atoms with Crippen LogP contribution < -0.4 is 10.0 Å². The topological polar surface area (TPSA) is 84.0 Å². The van der Waals surface area contributed by atoms with Gasteiger partial charge in [-0.3, -0.25) is 4.72 Å². The van der Waals surface area contributed by atoms with Crippen LogP contribution in [0.25, 0.3) is 10.4 Å². The fourth-order valence-electron chi connectivity index (χ4n) is 4.08. The summed E-state index contributed by atoms with van der Waals surface area (Å²) in [6.45, 7) is 4.55. The summed E-state index contributed by atoms with van der Waals surface area (Å²) >= 11 is 7.11. The zero-order chi connectivity index (χ0) is 23.6. The second kappa shape index (κ2) is 9.95. The molecule has 1 saturated carbocycles. The molecule has 0 saturated heterocycles. The molecule has 2 N–H and O–H groups in total. The lowest BCUT2D eigenvalue weighted by Gasteiger charge is -2.21. The molecule has 0 spiro atoms. The van der Waals surface area contributed by atoms with E-state index in [9.17, 15) is 12.8 Å². The number of benzene rings is 1. The highest BCUT2D eigenvalue weighted by atomic mass is 35.5. The Labute approximate surface area is 202 Å². The summed E-state index contributed by atoms with van der Waals surface area (Å²) in [6.07, 6.45) is 7.60. The molecule has 0 bridgehead atoms. The second-order valence-electron chi connectivity index (χ2n) is 8.40. The third kappa shape index (κ3) is 5.65. The van der Waals surface area contributed by atoms with Gasteiger partial charge in [0, 0.05) is 12.6 Å². The lowest BCUT2D eigenvalue weighted by atomic mass is 9.89. The Morgan fingerprint density at radius 2 is 1.94 bits per heavy atom. The van der Waals surface area contributed by atoms with E-state index in [1.165, 1.54) is 49.6 Å². The molecular formula is C23H26ClFN4O2S2. The van der Waals surface area contributed by atoms with Crippen LogP contribution in [0.15, 0.2) is 35.4 Å². The third-order valence-electron chi connectivity index (χ3n) is 5.85. The van der Waals surface area contributed by atoms with Crippen molar-refractivity contribution < 1.29 is 12.8 Å². The SMILES string of the molecule is Cc1ccc(-c2sc(NCC3CCCCC3)nc2C)cc1S(=O)(=O)Nc1cnc(Cl)c(F)c1. The van der Waals surface area contributed by atoms with Gasteiger partial charge in [-0.25, -0.2) is 22.8 Å². The predicted molar refractivity (Wildman–Crippen MR) is 132 cm³/mol. The molecule has 0 unspecified atom stereocenters. The molecule has 2 aromatic heterocycles. The first-order chi connectivity index (χ1) is 15.7. The summed E-state index contributed by atoms with van der Waals surface area (Å²) in [7, 11) is -3.97. The fraction of sp³-hybridized carbons (Fsp3) is 0.391. The second-order valence-corrected chi connectivity index (χ2v) is 11.4. The summed E-state index contributed by atoms with van der Waals surface area (Å²) in [4.78, 5) is 9.34. The molecule has 3 aromatic rings. The number of sulfonamides is 1. The molecule has 1 aromatic carbocycles. The molecule has 176 valence electrons. The van der Waals surface area contributed by atoms with Crippen molar-refractivity contribution in [1.82, 2.24) is 9.97 Å². The Morgan fingerprint density at radius 1 is 1.18 bits per heavy atom. The van der Waals surface area contributed by atoms with Crippen molar-refractivity contribution in [3.8, 4) is 10.4 Å². The van der Waals surface area contributed by atoms with E-state index in [-0.39, 0.29) is 15.7 Å². The Morgan fingerprint density at radius 3 is 2.67 bits per heavy atom. The minimum Gasteiger partial charge on any atom is -0.361 e. The number of thiazole rings is 1. The van der Waals surface area contributed by atoms with Gasteiger partial charge in [0.05, 0.1) is 27.4 Å². The highest BCUT2D eigenvalue weighted by Crippen LogP contribution is 2.35. The van der Waals surface area contributed by atoms with Crippen molar-refractivity contribution in [2.45, 2.75) is 50.8 Å². The third-order valence-corrected chi connectivity index (χ3v) is 8.82. The number of aromatic nitrogens is 2. The molecule has 10 heteroatoms. The van der Waals surface area contributed by atoms with Gasteiger partial charge in [0.15, 0.2) is 16.1 Å². The standard InChI is InChI=1S/C23H26ClFN4O2S2/c1-14-8-9-17(10-20(14)33(30,31)29-18-11-19(25)22(24)26-13-18)21-15(2)28-23(32-21)27-12-16-6-4-3-5-7-16/h8-11,13,16,29H,3-7,12H2,1-2H3,(H,27,28). The molecule has 4 rings (SSSR count). The molecule has 1 aliphatic carbocycles. The highest BCUT2D eigenvalue weighted by Gasteiger charge is 2.21. The van der Waals surface area contributed by atoms with Crippen molar-refractivity contribution in [1.29, 1.82) is 0 Å². The van der Waals surface area contributed by atoms with Gasteiger partial charge in [-0.2, -0.15) is 0 Å². The van der Waals surface area contributed by atoms with Crippen LogP contribution in [-0.2, 0) is 10.0 Å². The van der Waals surface area contributed by atoms with Crippen LogP contribution in [-0.4, -0.2) is 24.9 Å².